The Morgan fingerprint density at radius 2 is 2.16 bits per heavy atom. The molecule has 0 spiro atoms. The second kappa shape index (κ2) is 10.0. The van der Waals surface area contributed by atoms with Gasteiger partial charge in [-0.05, 0) is 38.0 Å². The molecule has 7 heteroatoms. The Hall–Kier alpha value is -2.12. The van der Waals surface area contributed by atoms with E-state index >= 15 is 0 Å². The van der Waals surface area contributed by atoms with Crippen molar-refractivity contribution in [1.82, 2.24) is 0 Å². The molecule has 138 valence electrons. The van der Waals surface area contributed by atoms with Gasteiger partial charge in [0.05, 0.1) is 25.4 Å². The van der Waals surface area contributed by atoms with Crippen LogP contribution in [0.4, 0.5) is 0 Å². The van der Waals surface area contributed by atoms with Crippen molar-refractivity contribution < 1.29 is 33.3 Å². The van der Waals surface area contributed by atoms with Crippen LogP contribution in [0.5, 0.6) is 5.75 Å². The van der Waals surface area contributed by atoms with Gasteiger partial charge in [-0.3, -0.25) is 0 Å². The zero-order valence-electron chi connectivity index (χ0n) is 14.6. The smallest absolute Gasteiger partial charge is 0.337 e. The molecular formula is C18H24O7. The summed E-state index contributed by atoms with van der Waals surface area (Å²) in [5, 5.41) is 0. The molecule has 0 radical (unpaired) electrons. The molecule has 0 bridgehead atoms. The van der Waals surface area contributed by atoms with E-state index in [-0.39, 0.29) is 19.3 Å². The van der Waals surface area contributed by atoms with Gasteiger partial charge >= 0.3 is 11.9 Å². The molecule has 0 amide bonds. The third-order valence-electron chi connectivity index (χ3n) is 3.74. The fourth-order valence-corrected chi connectivity index (χ4v) is 2.35. The Labute approximate surface area is 147 Å². The van der Waals surface area contributed by atoms with E-state index in [4.69, 9.17) is 18.9 Å². The molecule has 0 aromatic heterocycles. The van der Waals surface area contributed by atoms with E-state index in [1.807, 2.05) is 0 Å². The van der Waals surface area contributed by atoms with Crippen molar-refractivity contribution in [3.8, 4) is 5.75 Å². The molecule has 1 aliphatic heterocycles. The van der Waals surface area contributed by atoms with Gasteiger partial charge < -0.3 is 23.7 Å². The van der Waals surface area contributed by atoms with Gasteiger partial charge in [0.2, 0.25) is 0 Å². The standard InChI is InChI=1S/C18H24O7/c1-13(25-12-16-7-4-8-22-16)17(19)24-10-9-23-15-6-3-5-14(11-15)18(20)21-2/h3,5-6,11,13,16H,4,7-10,12H2,1-2H3. The predicted molar refractivity (Wildman–Crippen MR) is 88.6 cm³/mol. The first-order chi connectivity index (χ1) is 12.1. The molecule has 1 aromatic carbocycles. The van der Waals surface area contributed by atoms with Gasteiger partial charge in [0.25, 0.3) is 0 Å². The van der Waals surface area contributed by atoms with E-state index < -0.39 is 18.0 Å². The number of rotatable bonds is 9. The molecule has 1 aliphatic rings. The van der Waals surface area contributed by atoms with Crippen molar-refractivity contribution >= 4 is 11.9 Å². The van der Waals surface area contributed by atoms with Crippen LogP contribution in [0, 0.1) is 0 Å². The van der Waals surface area contributed by atoms with Gasteiger partial charge in [-0.1, -0.05) is 6.07 Å². The molecule has 7 nitrogen and oxygen atoms in total. The Balaban J connectivity index is 1.64. The van der Waals surface area contributed by atoms with Crippen LogP contribution in [0.1, 0.15) is 30.1 Å². The van der Waals surface area contributed by atoms with Crippen molar-refractivity contribution in [3.05, 3.63) is 29.8 Å². The third-order valence-corrected chi connectivity index (χ3v) is 3.74. The minimum Gasteiger partial charge on any atom is -0.490 e. The number of hydrogen-bond donors (Lipinski definition) is 0. The van der Waals surface area contributed by atoms with Gasteiger partial charge in [0, 0.05) is 6.61 Å². The molecule has 0 N–H and O–H groups in total. The number of benzene rings is 1. The fraction of sp³-hybridized carbons (Fsp3) is 0.556. The van der Waals surface area contributed by atoms with Gasteiger partial charge in [0.1, 0.15) is 19.0 Å². The van der Waals surface area contributed by atoms with E-state index in [1.165, 1.54) is 7.11 Å². The minimum atomic E-state index is -0.646. The zero-order valence-corrected chi connectivity index (χ0v) is 14.6. The Morgan fingerprint density at radius 1 is 1.32 bits per heavy atom. The lowest BCUT2D eigenvalue weighted by atomic mass is 10.2. The highest BCUT2D eigenvalue weighted by Gasteiger charge is 2.20. The summed E-state index contributed by atoms with van der Waals surface area (Å²) in [6.45, 7) is 3.07. The zero-order chi connectivity index (χ0) is 18.1. The number of esters is 2. The van der Waals surface area contributed by atoms with Crippen LogP contribution in [0.3, 0.4) is 0 Å². The van der Waals surface area contributed by atoms with E-state index in [9.17, 15) is 9.59 Å². The normalized spacial score (nSPS) is 17.8. The van der Waals surface area contributed by atoms with E-state index in [0.717, 1.165) is 19.4 Å². The average Bonchev–Trinajstić information content (AvgIpc) is 3.16. The first-order valence-electron chi connectivity index (χ1n) is 8.31. The molecule has 2 rings (SSSR count). The second-order valence-corrected chi connectivity index (χ2v) is 5.65. The van der Waals surface area contributed by atoms with Crippen LogP contribution >= 0.6 is 0 Å². The molecule has 1 fully saturated rings. The van der Waals surface area contributed by atoms with Crippen molar-refractivity contribution in [2.75, 3.05) is 33.5 Å². The molecule has 1 aromatic rings. The van der Waals surface area contributed by atoms with Crippen LogP contribution < -0.4 is 4.74 Å². The number of hydrogen-bond acceptors (Lipinski definition) is 7. The van der Waals surface area contributed by atoms with E-state index in [0.29, 0.717) is 17.9 Å². The molecule has 0 saturated carbocycles. The highest BCUT2D eigenvalue weighted by Crippen LogP contribution is 2.14. The number of carbonyl (C=O) groups is 2. The molecular weight excluding hydrogens is 328 g/mol. The lowest BCUT2D eigenvalue weighted by molar-refractivity contribution is -0.158. The predicted octanol–water partition coefficient (Wildman–Crippen LogP) is 1.98. The quantitative estimate of drug-likeness (QED) is 0.496. The number of methoxy groups -OCH3 is 1. The number of ether oxygens (including phenoxy) is 5. The van der Waals surface area contributed by atoms with Crippen molar-refractivity contribution in [3.63, 3.8) is 0 Å². The molecule has 25 heavy (non-hydrogen) atoms. The van der Waals surface area contributed by atoms with Gasteiger partial charge in [-0.2, -0.15) is 0 Å². The number of carbonyl (C=O) groups excluding carboxylic acids is 2. The molecule has 1 saturated heterocycles. The SMILES string of the molecule is COC(=O)c1cccc(OCCOC(=O)C(C)OCC2CCCO2)c1. The van der Waals surface area contributed by atoms with Crippen molar-refractivity contribution in [2.45, 2.75) is 32.0 Å². The first kappa shape index (κ1) is 19.2. The van der Waals surface area contributed by atoms with Crippen LogP contribution in [-0.2, 0) is 23.7 Å². The summed E-state index contributed by atoms with van der Waals surface area (Å²) in [6, 6.07) is 6.60. The molecule has 2 unspecified atom stereocenters. The maximum atomic E-state index is 11.8. The summed E-state index contributed by atoms with van der Waals surface area (Å²) >= 11 is 0. The maximum Gasteiger partial charge on any atom is 0.337 e. The van der Waals surface area contributed by atoms with Crippen LogP contribution in [0.2, 0.25) is 0 Å². The summed E-state index contributed by atoms with van der Waals surface area (Å²) in [4.78, 5) is 23.3. The summed E-state index contributed by atoms with van der Waals surface area (Å²) < 4.78 is 26.1. The van der Waals surface area contributed by atoms with Crippen LogP contribution in [-0.4, -0.2) is 57.7 Å². The first-order valence-corrected chi connectivity index (χ1v) is 8.31. The van der Waals surface area contributed by atoms with Crippen molar-refractivity contribution in [1.29, 1.82) is 0 Å². The Bertz CT molecular complexity index is 566. The Kier molecular flexibility index (Phi) is 7.69. The topological polar surface area (TPSA) is 80.3 Å². The van der Waals surface area contributed by atoms with Crippen LogP contribution in [0.15, 0.2) is 24.3 Å². The Morgan fingerprint density at radius 3 is 2.88 bits per heavy atom. The minimum absolute atomic E-state index is 0.0701. The van der Waals surface area contributed by atoms with Gasteiger partial charge in [-0.25, -0.2) is 9.59 Å². The fourth-order valence-electron chi connectivity index (χ4n) is 2.35. The summed E-state index contributed by atoms with van der Waals surface area (Å²) in [5.74, 6) is -0.374. The van der Waals surface area contributed by atoms with E-state index in [1.54, 1.807) is 31.2 Å². The lowest BCUT2D eigenvalue weighted by Gasteiger charge is -2.15. The second-order valence-electron chi connectivity index (χ2n) is 5.65. The largest absolute Gasteiger partial charge is 0.490 e. The van der Waals surface area contributed by atoms with Gasteiger partial charge in [-0.15, -0.1) is 0 Å². The summed E-state index contributed by atoms with van der Waals surface area (Å²) in [5.41, 5.74) is 0.396. The van der Waals surface area contributed by atoms with Crippen LogP contribution in [0.25, 0.3) is 0 Å². The molecule has 1 heterocycles. The lowest BCUT2D eigenvalue weighted by Crippen LogP contribution is -2.28. The summed E-state index contributed by atoms with van der Waals surface area (Å²) in [6.07, 6.45) is 1.41. The molecule has 0 aliphatic carbocycles. The van der Waals surface area contributed by atoms with Gasteiger partial charge in [0.15, 0.2) is 6.10 Å². The highest BCUT2D eigenvalue weighted by molar-refractivity contribution is 5.89. The maximum absolute atomic E-state index is 11.8. The van der Waals surface area contributed by atoms with Crippen molar-refractivity contribution in [2.24, 2.45) is 0 Å². The highest BCUT2D eigenvalue weighted by atomic mass is 16.6. The third kappa shape index (κ3) is 6.36. The summed E-state index contributed by atoms with van der Waals surface area (Å²) in [7, 11) is 1.32. The van der Waals surface area contributed by atoms with E-state index in [2.05, 4.69) is 4.74 Å². The average molecular weight is 352 g/mol. The monoisotopic (exact) mass is 352 g/mol. The molecule has 2 atom stereocenters.